The van der Waals surface area contributed by atoms with E-state index in [2.05, 4.69) is 76.9 Å². The zero-order valence-electron chi connectivity index (χ0n) is 33.5. The van der Waals surface area contributed by atoms with Crippen LogP contribution in [0.15, 0.2) is 61.3 Å². The first-order valence-electron chi connectivity index (χ1n) is 20.1. The zero-order chi connectivity index (χ0) is 39.2. The fraction of sp³-hybridized carbons (Fsp3) is 0.511. The molecule has 1 aliphatic heterocycles. The first-order chi connectivity index (χ1) is 25.9. The number of nitrogens with zero attached hydrogens (tertiary/aromatic N) is 1. The molecule has 9 rings (SSSR count). The Bertz CT molecular complexity index is 2330. The van der Waals surface area contributed by atoms with Crippen LogP contribution in [0.5, 0.6) is 5.75 Å². The Kier molecular flexibility index (Phi) is 7.78. The molecule has 2 unspecified atom stereocenters. The van der Waals surface area contributed by atoms with E-state index in [9.17, 15) is 20.1 Å². The fourth-order valence-corrected chi connectivity index (χ4v) is 13.0. The van der Waals surface area contributed by atoms with E-state index < -0.39 is 34.9 Å². The first kappa shape index (κ1) is 36.5. The molecule has 2 aromatic heterocycles. The lowest BCUT2D eigenvalue weighted by Gasteiger charge is -2.64. The van der Waals surface area contributed by atoms with Crippen LogP contribution in [0, 0.1) is 28.6 Å². The van der Waals surface area contributed by atoms with Crippen LogP contribution in [0.25, 0.3) is 27.4 Å². The second-order valence-corrected chi connectivity index (χ2v) is 19.2. The highest BCUT2D eigenvalue weighted by Gasteiger charge is 2.67. The molecule has 5 aliphatic rings. The smallest absolute Gasteiger partial charge is 0.411 e. The molecular weight excluding hydrogens is 689 g/mol. The van der Waals surface area contributed by atoms with Gasteiger partial charge in [0.2, 0.25) is 0 Å². The summed E-state index contributed by atoms with van der Waals surface area (Å²) in [4.78, 5) is 12.7. The molecule has 55 heavy (non-hydrogen) atoms. The molecule has 0 radical (unpaired) electrons. The second-order valence-electron chi connectivity index (χ2n) is 19.2. The average Bonchev–Trinajstić information content (AvgIpc) is 3.78. The molecule has 4 aromatic rings. The molecule has 0 spiro atoms. The Labute approximate surface area is 324 Å². The van der Waals surface area contributed by atoms with Gasteiger partial charge in [0.1, 0.15) is 12.4 Å². The van der Waals surface area contributed by atoms with Gasteiger partial charge in [-0.3, -0.25) is 5.32 Å². The molecule has 4 N–H and O–H groups in total. The predicted octanol–water partition coefficient (Wildman–Crippen LogP) is 9.35. The van der Waals surface area contributed by atoms with Crippen LogP contribution in [-0.2, 0) is 27.9 Å². The lowest BCUT2D eigenvalue weighted by Crippen LogP contribution is -2.62. The number of aliphatic hydroxyl groups is 2. The summed E-state index contributed by atoms with van der Waals surface area (Å²) < 4.78 is 14.3. The number of aromatic hydroxyl groups is 1. The first-order valence-corrected chi connectivity index (χ1v) is 20.1. The van der Waals surface area contributed by atoms with Crippen molar-refractivity contribution in [2.45, 2.75) is 123 Å². The molecule has 8 heteroatoms. The Morgan fingerprint density at radius 3 is 2.51 bits per heavy atom. The summed E-state index contributed by atoms with van der Waals surface area (Å²) in [6.45, 7) is 21.8. The van der Waals surface area contributed by atoms with Gasteiger partial charge in [0.05, 0.1) is 34.6 Å². The Balaban J connectivity index is 1.16. The molecular formula is C47H56N2O6. The second kappa shape index (κ2) is 11.7. The minimum Gasteiger partial charge on any atom is -0.505 e. The third-order valence-corrected chi connectivity index (χ3v) is 15.3. The van der Waals surface area contributed by atoms with Crippen molar-refractivity contribution in [1.82, 2.24) is 9.72 Å². The molecule has 2 aromatic carbocycles. The van der Waals surface area contributed by atoms with Gasteiger partial charge in [0, 0.05) is 45.0 Å². The molecule has 8 atom stereocenters. The maximum atomic E-state index is 12.7. The van der Waals surface area contributed by atoms with Gasteiger partial charge in [-0.25, -0.2) is 4.79 Å². The summed E-state index contributed by atoms with van der Waals surface area (Å²) in [5.74, 6) is 0.396. The highest BCUT2D eigenvalue weighted by Crippen LogP contribution is 2.71. The average molecular weight is 745 g/mol. The van der Waals surface area contributed by atoms with Crippen LogP contribution in [0.2, 0.25) is 0 Å². The molecule has 3 heterocycles. The molecule has 4 aliphatic carbocycles. The summed E-state index contributed by atoms with van der Waals surface area (Å²) >= 11 is 0. The number of nitrogens with one attached hydrogen (secondary N) is 1. The molecule has 2 saturated carbocycles. The van der Waals surface area contributed by atoms with Crippen LogP contribution in [-0.4, -0.2) is 43.1 Å². The van der Waals surface area contributed by atoms with Crippen molar-refractivity contribution in [2.75, 3.05) is 0 Å². The number of allylic oxidation sites excluding steroid dienone is 1. The van der Waals surface area contributed by atoms with Crippen molar-refractivity contribution in [3.8, 4) is 5.75 Å². The van der Waals surface area contributed by atoms with Gasteiger partial charge in [0.15, 0.2) is 0 Å². The summed E-state index contributed by atoms with van der Waals surface area (Å²) in [7, 11) is 0. The number of amides is 1. The number of carbonyl (C=O) groups excluding carboxylic acids is 1. The number of hydrogen-bond acceptors (Lipinski definition) is 6. The van der Waals surface area contributed by atoms with Gasteiger partial charge >= 0.3 is 6.09 Å². The third kappa shape index (κ3) is 4.77. The maximum Gasteiger partial charge on any atom is 0.411 e. The molecule has 1 amide bonds. The topological polar surface area (TPSA) is 113 Å². The Morgan fingerprint density at radius 2 is 1.80 bits per heavy atom. The number of carbonyl (C=O) groups is 1. The minimum absolute atomic E-state index is 0.108. The molecule has 0 bridgehead atoms. The van der Waals surface area contributed by atoms with Crippen molar-refractivity contribution in [1.29, 1.82) is 0 Å². The Morgan fingerprint density at radius 1 is 1.07 bits per heavy atom. The number of rotatable bonds is 5. The minimum atomic E-state index is -0.840. The fourth-order valence-electron chi connectivity index (χ4n) is 13.0. The van der Waals surface area contributed by atoms with E-state index in [0.29, 0.717) is 18.0 Å². The van der Waals surface area contributed by atoms with Crippen molar-refractivity contribution >= 4 is 33.5 Å². The third-order valence-electron chi connectivity index (χ3n) is 15.3. The van der Waals surface area contributed by atoms with E-state index in [4.69, 9.17) is 9.47 Å². The summed E-state index contributed by atoms with van der Waals surface area (Å²) in [6.07, 6.45) is 8.26. The van der Waals surface area contributed by atoms with Gasteiger partial charge in [-0.15, -0.1) is 0 Å². The van der Waals surface area contributed by atoms with Gasteiger partial charge in [-0.1, -0.05) is 63.8 Å². The molecule has 8 nitrogen and oxygen atoms in total. The number of benzene rings is 2. The van der Waals surface area contributed by atoms with Crippen LogP contribution < -0.4 is 5.32 Å². The van der Waals surface area contributed by atoms with Gasteiger partial charge in [-0.05, 0) is 124 Å². The number of alkyl carbamates (subject to hydrolysis) is 1. The van der Waals surface area contributed by atoms with Gasteiger partial charge < -0.3 is 29.2 Å². The van der Waals surface area contributed by atoms with E-state index in [1.807, 2.05) is 43.3 Å². The highest BCUT2D eigenvalue weighted by molar-refractivity contribution is 6.11. The summed E-state index contributed by atoms with van der Waals surface area (Å²) in [5, 5.41) is 41.1. The van der Waals surface area contributed by atoms with Crippen molar-refractivity contribution in [3.63, 3.8) is 0 Å². The summed E-state index contributed by atoms with van der Waals surface area (Å²) in [6, 6.07) is 11.9. The van der Waals surface area contributed by atoms with Crippen LogP contribution >= 0.6 is 0 Å². The molecule has 0 saturated heterocycles. The lowest BCUT2D eigenvalue weighted by atomic mass is 9.40. The van der Waals surface area contributed by atoms with E-state index in [1.54, 1.807) is 6.20 Å². The quantitative estimate of drug-likeness (QED) is 0.162. The SMILES string of the molecule is C=C(C)c1c(O)c2c3c(cc4c5c(n1c42)[C@@]1(C)C(CC[C@H]2[C@](C)(C=CNC(=O)OCc4ccccc4)[C@@H](O)CC[C@@]21C)C5)C1=CC(C)(C)OC(C)(C)C1[C@@H]3O. The van der Waals surface area contributed by atoms with E-state index in [-0.39, 0.29) is 35.0 Å². The highest BCUT2D eigenvalue weighted by atomic mass is 16.5. The van der Waals surface area contributed by atoms with Gasteiger partial charge in [0.25, 0.3) is 0 Å². The van der Waals surface area contributed by atoms with Crippen LogP contribution in [0.4, 0.5) is 4.79 Å². The lowest BCUT2D eigenvalue weighted by molar-refractivity contribution is -0.144. The predicted molar refractivity (Wildman–Crippen MR) is 216 cm³/mol. The maximum absolute atomic E-state index is 12.7. The van der Waals surface area contributed by atoms with Crippen molar-refractivity contribution < 1.29 is 29.6 Å². The molecule has 290 valence electrons. The number of hydrogen-bond donors (Lipinski definition) is 4. The van der Waals surface area contributed by atoms with E-state index >= 15 is 0 Å². The largest absolute Gasteiger partial charge is 0.505 e. The van der Waals surface area contributed by atoms with Crippen LogP contribution in [0.1, 0.15) is 121 Å². The monoisotopic (exact) mass is 744 g/mol. The van der Waals surface area contributed by atoms with E-state index in [0.717, 1.165) is 69.8 Å². The van der Waals surface area contributed by atoms with Crippen molar-refractivity contribution in [3.05, 3.63) is 95.0 Å². The number of ether oxygens (including phenoxy) is 2. The normalized spacial score (nSPS) is 34.2. The number of aliphatic hydroxyl groups excluding tert-OH is 2. The van der Waals surface area contributed by atoms with Crippen molar-refractivity contribution in [2.24, 2.45) is 28.6 Å². The Hall–Kier alpha value is -4.11. The molecule has 2 fully saturated rings. The van der Waals surface area contributed by atoms with Gasteiger partial charge in [-0.2, -0.15) is 0 Å². The summed E-state index contributed by atoms with van der Waals surface area (Å²) in [5.41, 5.74) is 6.55. The van der Waals surface area contributed by atoms with Crippen LogP contribution in [0.3, 0.4) is 0 Å². The number of fused-ring (bicyclic) bond motifs is 11. The zero-order valence-corrected chi connectivity index (χ0v) is 33.5. The standard InChI is InChI=1S/C47H56N2O6/c1-25(2)37-40(52)35-34-28(31-23-43(3,4)55-44(5,6)36(31)39(34)51)22-29-30-21-27-15-16-32-45(7,19-20-48-42(53)54-24-26-13-11-10-12-14-26)33(50)17-18-46(32,8)47(27,9)41(30)49(37)38(29)35/h10-14,19-20,22-23,27,32-33,36,39,50-52H,1,15-18,21,24H2,2-9H3,(H,48,53)/t27?,32-,33-,36?,39+,45-,46-,47+/m0/s1. The van der Waals surface area contributed by atoms with E-state index in [1.165, 1.54) is 11.3 Å². The number of aromatic nitrogens is 1.